The van der Waals surface area contributed by atoms with Crippen molar-refractivity contribution in [2.45, 2.75) is 180 Å². The molecule has 2 atom stereocenters. The van der Waals surface area contributed by atoms with Gasteiger partial charge in [0.2, 0.25) is 0 Å². The molecule has 11 nitrogen and oxygen atoms in total. The Hall–Kier alpha value is -2.21. The van der Waals surface area contributed by atoms with E-state index in [1.165, 1.54) is 6.42 Å². The van der Waals surface area contributed by atoms with Crippen LogP contribution in [0.5, 0.6) is 0 Å². The molecule has 0 radical (unpaired) electrons. The van der Waals surface area contributed by atoms with Gasteiger partial charge in [-0.05, 0) is 65.6 Å². The second-order valence-corrected chi connectivity index (χ2v) is 15.2. The molecule has 11 heteroatoms. The summed E-state index contributed by atoms with van der Waals surface area (Å²) in [5.74, 6) is -1.32. The number of carbonyl (C=O) groups excluding carboxylic acids is 5. The number of Topliss-reactive ketones (excluding diaryl/α,β-unsaturated/α-hetero) is 2. The highest BCUT2D eigenvalue weighted by Crippen LogP contribution is 2.13. The van der Waals surface area contributed by atoms with Crippen LogP contribution in [0.25, 0.3) is 0 Å². The maximum atomic E-state index is 12.4. The highest BCUT2D eigenvalue weighted by molar-refractivity contribution is 5.95. The topological polar surface area (TPSA) is 135 Å². The summed E-state index contributed by atoms with van der Waals surface area (Å²) < 4.78 is 28.3. The third-order valence-corrected chi connectivity index (χ3v) is 9.51. The van der Waals surface area contributed by atoms with E-state index in [0.29, 0.717) is 52.3 Å². The molecule has 0 rings (SSSR count). The van der Waals surface area contributed by atoms with Crippen molar-refractivity contribution in [1.82, 2.24) is 4.90 Å². The Morgan fingerprint density at radius 2 is 1.05 bits per heavy atom. The smallest absolute Gasteiger partial charge is 0.313 e. The van der Waals surface area contributed by atoms with E-state index in [4.69, 9.17) is 23.7 Å². The molecule has 0 saturated heterocycles. The van der Waals surface area contributed by atoms with Crippen LogP contribution >= 0.6 is 0 Å². The molecule has 2 unspecified atom stereocenters. The third kappa shape index (κ3) is 37.1. The zero-order valence-electron chi connectivity index (χ0n) is 35.6. The molecule has 0 saturated carbocycles. The molecule has 0 heterocycles. The largest absolute Gasteiger partial charge is 0.465 e. The summed E-state index contributed by atoms with van der Waals surface area (Å²) in [4.78, 5) is 62.0. The van der Waals surface area contributed by atoms with Crippen molar-refractivity contribution < 1.29 is 47.7 Å². The van der Waals surface area contributed by atoms with Crippen molar-refractivity contribution in [1.29, 1.82) is 0 Å². The highest BCUT2D eigenvalue weighted by atomic mass is 16.6. The van der Waals surface area contributed by atoms with Crippen molar-refractivity contribution >= 4 is 29.8 Å². The normalized spacial score (nSPS) is 12.5. The van der Waals surface area contributed by atoms with E-state index in [-0.39, 0.29) is 43.3 Å². The second-order valence-electron chi connectivity index (χ2n) is 15.2. The van der Waals surface area contributed by atoms with Gasteiger partial charge in [0.05, 0.1) is 25.7 Å². The summed E-state index contributed by atoms with van der Waals surface area (Å²) in [6.45, 7) is 8.05. The monoisotopic (exact) mass is 784 g/mol. The maximum Gasteiger partial charge on any atom is 0.313 e. The van der Waals surface area contributed by atoms with Gasteiger partial charge in [0.25, 0.3) is 0 Å². The van der Waals surface area contributed by atoms with E-state index in [1.807, 2.05) is 19.0 Å². The second kappa shape index (κ2) is 40.0. The minimum atomic E-state index is -0.641. The number of hydrogen-bond acceptors (Lipinski definition) is 11. The Bertz CT molecular complexity index is 944. The first kappa shape index (κ1) is 52.8. The molecule has 0 aliphatic carbocycles. The number of nitrogens with zero attached hydrogens (tertiary/aromatic N) is 1. The Morgan fingerprint density at radius 3 is 1.65 bits per heavy atom. The molecule has 0 N–H and O–H groups in total. The van der Waals surface area contributed by atoms with Crippen LogP contribution in [0.4, 0.5) is 0 Å². The molecule has 0 aromatic rings. The van der Waals surface area contributed by atoms with E-state index < -0.39 is 11.9 Å². The zero-order chi connectivity index (χ0) is 40.6. The van der Waals surface area contributed by atoms with Crippen LogP contribution in [-0.4, -0.2) is 108 Å². The summed E-state index contributed by atoms with van der Waals surface area (Å²) in [6, 6.07) is 0. The highest BCUT2D eigenvalue weighted by Gasteiger charge is 2.17. The SMILES string of the molecule is CCCCCCOCC(C=O)C(=O)CCCCCCCCOCC(COC(=O)CCCN(C)C)OCCCCCCCCC(=O)CC(=O)OCCCCCC. The van der Waals surface area contributed by atoms with Crippen LogP contribution in [0.3, 0.4) is 0 Å². The third-order valence-electron chi connectivity index (χ3n) is 9.51. The molecule has 0 spiro atoms. The van der Waals surface area contributed by atoms with Gasteiger partial charge < -0.3 is 33.4 Å². The van der Waals surface area contributed by atoms with Crippen LogP contribution in [0, 0.1) is 5.92 Å². The number of esters is 2. The number of carbonyl (C=O) groups is 5. The molecule has 0 bridgehead atoms. The number of rotatable bonds is 43. The average Bonchev–Trinajstić information content (AvgIpc) is 3.15. The molecule has 0 fully saturated rings. The van der Waals surface area contributed by atoms with E-state index in [1.54, 1.807) is 0 Å². The predicted octanol–water partition coefficient (Wildman–Crippen LogP) is 8.80. The molecule has 0 aliphatic rings. The standard InChI is InChI=1S/C44H81NO10/c1-5-7-9-21-30-51-36-39(35-46)42(48)27-20-16-12-13-17-22-31-52-37-41(38-55-43(49)28-25-29-45(3)4)53-32-24-18-14-11-15-19-26-40(47)34-44(50)54-33-23-10-8-6-2/h35,39,41H,5-34,36-38H2,1-4H3. The first-order valence-corrected chi connectivity index (χ1v) is 22.0. The van der Waals surface area contributed by atoms with Crippen molar-refractivity contribution in [2.24, 2.45) is 5.92 Å². The number of hydrogen-bond donors (Lipinski definition) is 0. The van der Waals surface area contributed by atoms with Gasteiger partial charge in [-0.25, -0.2) is 0 Å². The number of aldehydes is 1. The van der Waals surface area contributed by atoms with Crippen molar-refractivity contribution in [2.75, 3.05) is 66.9 Å². The van der Waals surface area contributed by atoms with Gasteiger partial charge in [-0.3, -0.25) is 19.2 Å². The van der Waals surface area contributed by atoms with Gasteiger partial charge in [0.15, 0.2) is 0 Å². The molecular formula is C44H81NO10. The van der Waals surface area contributed by atoms with E-state index >= 15 is 0 Å². The van der Waals surface area contributed by atoms with Gasteiger partial charge in [-0.1, -0.05) is 104 Å². The van der Waals surface area contributed by atoms with E-state index in [0.717, 1.165) is 141 Å². The average molecular weight is 784 g/mol. The molecular weight excluding hydrogens is 702 g/mol. The Balaban J connectivity index is 4.17. The Kier molecular flexibility index (Phi) is 38.4. The predicted molar refractivity (Wildman–Crippen MR) is 218 cm³/mol. The van der Waals surface area contributed by atoms with Gasteiger partial charge in [0, 0.05) is 39.1 Å². The Morgan fingerprint density at radius 1 is 0.527 bits per heavy atom. The van der Waals surface area contributed by atoms with Gasteiger partial charge in [0.1, 0.15) is 37.0 Å². The van der Waals surface area contributed by atoms with Gasteiger partial charge >= 0.3 is 11.9 Å². The fourth-order valence-electron chi connectivity index (χ4n) is 6.00. The summed E-state index contributed by atoms with van der Waals surface area (Å²) in [6.07, 6.45) is 22.4. The van der Waals surface area contributed by atoms with Crippen LogP contribution in [-0.2, 0) is 47.7 Å². The van der Waals surface area contributed by atoms with Crippen LogP contribution in [0.2, 0.25) is 0 Å². The summed E-state index contributed by atoms with van der Waals surface area (Å²) in [5.41, 5.74) is 0. The number of ketones is 2. The summed E-state index contributed by atoms with van der Waals surface area (Å²) in [5, 5.41) is 0. The Labute approximate surface area is 335 Å². The van der Waals surface area contributed by atoms with Gasteiger partial charge in [-0.2, -0.15) is 0 Å². The lowest BCUT2D eigenvalue weighted by atomic mass is 10.0. The summed E-state index contributed by atoms with van der Waals surface area (Å²) in [7, 11) is 3.96. The molecule has 0 aromatic carbocycles. The molecule has 322 valence electrons. The van der Waals surface area contributed by atoms with Crippen LogP contribution < -0.4 is 0 Å². The minimum absolute atomic E-state index is 0.0152. The number of unbranched alkanes of at least 4 members (excludes halogenated alkanes) is 16. The fourth-order valence-corrected chi connectivity index (χ4v) is 6.00. The van der Waals surface area contributed by atoms with Crippen LogP contribution in [0.1, 0.15) is 174 Å². The lowest BCUT2D eigenvalue weighted by molar-refractivity contribution is -0.150. The molecule has 0 amide bonds. The molecule has 0 aromatic heterocycles. The lowest BCUT2D eigenvalue weighted by Gasteiger charge is -2.18. The van der Waals surface area contributed by atoms with Gasteiger partial charge in [-0.15, -0.1) is 0 Å². The van der Waals surface area contributed by atoms with Crippen LogP contribution in [0.15, 0.2) is 0 Å². The van der Waals surface area contributed by atoms with Crippen molar-refractivity contribution in [3.63, 3.8) is 0 Å². The van der Waals surface area contributed by atoms with Crippen molar-refractivity contribution in [3.05, 3.63) is 0 Å². The molecule has 55 heavy (non-hydrogen) atoms. The van der Waals surface area contributed by atoms with E-state index in [2.05, 4.69) is 13.8 Å². The van der Waals surface area contributed by atoms with Crippen molar-refractivity contribution in [3.8, 4) is 0 Å². The zero-order valence-corrected chi connectivity index (χ0v) is 35.6. The lowest BCUT2D eigenvalue weighted by Crippen LogP contribution is -2.28. The molecule has 0 aliphatic heterocycles. The quantitative estimate of drug-likeness (QED) is 0.0254. The first-order valence-electron chi connectivity index (χ1n) is 22.0. The number of ether oxygens (including phenoxy) is 5. The van der Waals surface area contributed by atoms with E-state index in [9.17, 15) is 24.0 Å². The maximum absolute atomic E-state index is 12.4. The fraction of sp³-hybridized carbons (Fsp3) is 0.886. The minimum Gasteiger partial charge on any atom is -0.465 e. The first-order chi connectivity index (χ1) is 26.7. The summed E-state index contributed by atoms with van der Waals surface area (Å²) >= 11 is 0.